The Balaban J connectivity index is 3.84. The molecule has 0 atom stereocenters. The first-order valence-corrected chi connectivity index (χ1v) is 5.75. The summed E-state index contributed by atoms with van der Waals surface area (Å²) in [6.07, 6.45) is 0.213. The van der Waals surface area contributed by atoms with Crippen LogP contribution in [0, 0.1) is 0 Å². The van der Waals surface area contributed by atoms with Gasteiger partial charge >= 0.3 is 5.97 Å². The number of hydrogen-bond donors (Lipinski definition) is 2. The fraction of sp³-hybridized carbons (Fsp3) is 0.818. The standard InChI is InChI=1S/C11H21NO5/c1-2-17-11(16)4-3-10(15)9-12(5-7-13)6-8-14/h13-14H,2-9H2,1H3. The number of hydrogen-bond acceptors (Lipinski definition) is 6. The van der Waals surface area contributed by atoms with Gasteiger partial charge in [-0.15, -0.1) is 0 Å². The first-order valence-electron chi connectivity index (χ1n) is 5.75. The van der Waals surface area contributed by atoms with Gasteiger partial charge in [0.05, 0.1) is 32.8 Å². The summed E-state index contributed by atoms with van der Waals surface area (Å²) in [5.41, 5.74) is 0. The van der Waals surface area contributed by atoms with Gasteiger partial charge in [-0.25, -0.2) is 0 Å². The number of carbonyl (C=O) groups excluding carboxylic acids is 2. The summed E-state index contributed by atoms with van der Waals surface area (Å²) in [4.78, 5) is 24.2. The van der Waals surface area contributed by atoms with Gasteiger partial charge in [0.15, 0.2) is 0 Å². The molecule has 0 saturated heterocycles. The van der Waals surface area contributed by atoms with Crippen LogP contribution >= 0.6 is 0 Å². The third-order valence-corrected chi connectivity index (χ3v) is 2.15. The van der Waals surface area contributed by atoms with E-state index in [2.05, 4.69) is 0 Å². The molecule has 0 aromatic carbocycles. The zero-order valence-electron chi connectivity index (χ0n) is 10.2. The van der Waals surface area contributed by atoms with Crippen molar-refractivity contribution in [3.8, 4) is 0 Å². The van der Waals surface area contributed by atoms with Gasteiger partial charge in [0.1, 0.15) is 5.78 Å². The molecule has 0 aromatic heterocycles. The van der Waals surface area contributed by atoms with E-state index in [1.54, 1.807) is 11.8 Å². The molecular weight excluding hydrogens is 226 g/mol. The molecule has 0 spiro atoms. The highest BCUT2D eigenvalue weighted by Gasteiger charge is 2.12. The zero-order chi connectivity index (χ0) is 13.1. The van der Waals surface area contributed by atoms with Crippen molar-refractivity contribution in [2.75, 3.05) is 39.5 Å². The van der Waals surface area contributed by atoms with Crippen LogP contribution < -0.4 is 0 Å². The Kier molecular flexibility index (Phi) is 9.60. The molecule has 0 aliphatic rings. The van der Waals surface area contributed by atoms with E-state index in [1.165, 1.54) is 0 Å². The van der Waals surface area contributed by atoms with Crippen molar-refractivity contribution in [2.24, 2.45) is 0 Å². The first kappa shape index (κ1) is 16.0. The second-order valence-electron chi connectivity index (χ2n) is 3.57. The minimum Gasteiger partial charge on any atom is -0.466 e. The maximum absolute atomic E-state index is 11.5. The summed E-state index contributed by atoms with van der Waals surface area (Å²) in [5.74, 6) is -0.475. The topological polar surface area (TPSA) is 87.1 Å². The van der Waals surface area contributed by atoms with E-state index >= 15 is 0 Å². The summed E-state index contributed by atoms with van der Waals surface area (Å²) < 4.78 is 4.71. The minimum absolute atomic E-state index is 0.0643. The second-order valence-corrected chi connectivity index (χ2v) is 3.57. The molecule has 6 nitrogen and oxygen atoms in total. The molecule has 0 fully saturated rings. The van der Waals surface area contributed by atoms with E-state index in [0.29, 0.717) is 19.7 Å². The molecule has 0 radical (unpaired) electrons. The molecule has 0 bridgehead atoms. The van der Waals surface area contributed by atoms with Gasteiger partial charge in [0.2, 0.25) is 0 Å². The number of nitrogens with zero attached hydrogens (tertiary/aromatic N) is 1. The van der Waals surface area contributed by atoms with Gasteiger partial charge in [-0.3, -0.25) is 14.5 Å². The highest BCUT2D eigenvalue weighted by Crippen LogP contribution is 1.97. The minimum atomic E-state index is -0.378. The Morgan fingerprint density at radius 1 is 1.12 bits per heavy atom. The van der Waals surface area contributed by atoms with Crippen LogP contribution in [0.1, 0.15) is 19.8 Å². The lowest BCUT2D eigenvalue weighted by Crippen LogP contribution is -2.34. The van der Waals surface area contributed by atoms with Gasteiger partial charge in [-0.2, -0.15) is 0 Å². The Morgan fingerprint density at radius 2 is 1.71 bits per heavy atom. The van der Waals surface area contributed by atoms with E-state index in [9.17, 15) is 9.59 Å². The highest BCUT2D eigenvalue weighted by molar-refractivity contribution is 5.84. The number of aliphatic hydroxyl groups excluding tert-OH is 2. The van der Waals surface area contributed by atoms with Gasteiger partial charge in [0, 0.05) is 19.5 Å². The van der Waals surface area contributed by atoms with E-state index < -0.39 is 0 Å². The molecular formula is C11H21NO5. The maximum Gasteiger partial charge on any atom is 0.306 e. The summed E-state index contributed by atoms with van der Waals surface area (Å²) in [6, 6.07) is 0. The normalized spacial score (nSPS) is 10.6. The van der Waals surface area contributed by atoms with Gasteiger partial charge in [0.25, 0.3) is 0 Å². The molecule has 0 amide bonds. The molecule has 0 saturated carbocycles. The van der Waals surface area contributed by atoms with Crippen LogP contribution in [0.15, 0.2) is 0 Å². The SMILES string of the molecule is CCOC(=O)CCC(=O)CN(CCO)CCO. The average molecular weight is 247 g/mol. The fourth-order valence-electron chi connectivity index (χ4n) is 1.36. The fourth-order valence-corrected chi connectivity index (χ4v) is 1.36. The van der Waals surface area contributed by atoms with Crippen LogP contribution in [0.3, 0.4) is 0 Å². The number of carbonyl (C=O) groups is 2. The van der Waals surface area contributed by atoms with Crippen molar-refractivity contribution < 1.29 is 24.5 Å². The van der Waals surface area contributed by atoms with Crippen molar-refractivity contribution in [3.05, 3.63) is 0 Å². The Hall–Kier alpha value is -0.980. The molecule has 0 heterocycles. The Labute approximate surface area is 101 Å². The lowest BCUT2D eigenvalue weighted by atomic mass is 10.2. The van der Waals surface area contributed by atoms with Crippen molar-refractivity contribution in [1.29, 1.82) is 0 Å². The van der Waals surface area contributed by atoms with Crippen LogP contribution in [0.25, 0.3) is 0 Å². The van der Waals surface area contributed by atoms with E-state index in [0.717, 1.165) is 0 Å². The van der Waals surface area contributed by atoms with Crippen molar-refractivity contribution >= 4 is 11.8 Å². The van der Waals surface area contributed by atoms with Crippen LogP contribution in [0.4, 0.5) is 0 Å². The molecule has 17 heavy (non-hydrogen) atoms. The Bertz CT molecular complexity index is 226. The van der Waals surface area contributed by atoms with E-state index in [1.807, 2.05) is 0 Å². The van der Waals surface area contributed by atoms with Crippen molar-refractivity contribution in [1.82, 2.24) is 4.90 Å². The largest absolute Gasteiger partial charge is 0.466 e. The van der Waals surface area contributed by atoms with Crippen LogP contribution in [0.2, 0.25) is 0 Å². The first-order chi connectivity index (χ1) is 8.13. The summed E-state index contributed by atoms with van der Waals surface area (Å²) >= 11 is 0. The summed E-state index contributed by atoms with van der Waals surface area (Å²) in [7, 11) is 0. The molecule has 100 valence electrons. The highest BCUT2D eigenvalue weighted by atomic mass is 16.5. The van der Waals surface area contributed by atoms with Gasteiger partial charge in [-0.05, 0) is 6.92 Å². The lowest BCUT2D eigenvalue weighted by Gasteiger charge is -2.18. The van der Waals surface area contributed by atoms with Gasteiger partial charge < -0.3 is 14.9 Å². The molecule has 2 N–H and O–H groups in total. The van der Waals surface area contributed by atoms with Crippen LogP contribution in [-0.4, -0.2) is 66.3 Å². The van der Waals surface area contributed by atoms with E-state index in [-0.39, 0.29) is 44.4 Å². The van der Waals surface area contributed by atoms with Crippen LogP contribution in [-0.2, 0) is 14.3 Å². The number of ether oxygens (including phenoxy) is 1. The van der Waals surface area contributed by atoms with E-state index in [4.69, 9.17) is 14.9 Å². The molecule has 0 aliphatic carbocycles. The smallest absolute Gasteiger partial charge is 0.306 e. The number of Topliss-reactive ketones (excluding diaryl/α,β-unsaturated/α-hetero) is 1. The molecule has 0 unspecified atom stereocenters. The zero-order valence-corrected chi connectivity index (χ0v) is 10.2. The molecule has 0 aliphatic heterocycles. The van der Waals surface area contributed by atoms with Crippen LogP contribution in [0.5, 0.6) is 0 Å². The lowest BCUT2D eigenvalue weighted by molar-refractivity contribution is -0.144. The predicted molar refractivity (Wildman–Crippen MR) is 61.5 cm³/mol. The third kappa shape index (κ3) is 8.79. The third-order valence-electron chi connectivity index (χ3n) is 2.15. The van der Waals surface area contributed by atoms with Crippen molar-refractivity contribution in [2.45, 2.75) is 19.8 Å². The second kappa shape index (κ2) is 10.2. The summed E-state index contributed by atoms with van der Waals surface area (Å²) in [5, 5.41) is 17.5. The molecule has 0 aromatic rings. The molecule has 0 rings (SSSR count). The van der Waals surface area contributed by atoms with Gasteiger partial charge in [-0.1, -0.05) is 0 Å². The quantitative estimate of drug-likeness (QED) is 0.491. The summed E-state index contributed by atoms with van der Waals surface area (Å²) in [6.45, 7) is 2.71. The predicted octanol–water partition coefficient (Wildman–Crippen LogP) is -0.815. The van der Waals surface area contributed by atoms with Crippen molar-refractivity contribution in [3.63, 3.8) is 0 Å². The number of aliphatic hydroxyl groups is 2. The average Bonchev–Trinajstić information content (AvgIpc) is 2.27. The monoisotopic (exact) mass is 247 g/mol. The molecule has 6 heteroatoms. The number of ketones is 1. The Morgan fingerprint density at radius 3 is 2.18 bits per heavy atom. The number of rotatable bonds is 10. The maximum atomic E-state index is 11.5. The number of esters is 1.